The molecule has 36 heavy (non-hydrogen) atoms. The van der Waals surface area contributed by atoms with Crippen LogP contribution >= 0.6 is 0 Å². The standard InChI is InChI=1S/C27H23FN2O5S/c1-33-26-15-22-24(16-27(26)34-2)29-13-12-25(22)35-19-8-11-21-17(14-19)4-3-5-23(21)30-36(31,32)20-9-6-18(28)7-10-20/h3-9,11-16,20,30H,10H2,1-2H3. The number of nitrogens with one attached hydrogen (secondary N) is 1. The van der Waals surface area contributed by atoms with Gasteiger partial charge in [-0.15, -0.1) is 0 Å². The van der Waals surface area contributed by atoms with E-state index in [4.69, 9.17) is 14.2 Å². The summed E-state index contributed by atoms with van der Waals surface area (Å²) in [7, 11) is -0.625. The van der Waals surface area contributed by atoms with Crippen LogP contribution in [0.3, 0.4) is 0 Å². The predicted molar refractivity (Wildman–Crippen MR) is 138 cm³/mol. The number of benzene rings is 3. The molecule has 3 aromatic carbocycles. The van der Waals surface area contributed by atoms with Gasteiger partial charge >= 0.3 is 0 Å². The maximum absolute atomic E-state index is 13.3. The van der Waals surface area contributed by atoms with E-state index in [1.165, 1.54) is 18.2 Å². The number of fused-ring (bicyclic) bond motifs is 2. The molecule has 0 saturated carbocycles. The van der Waals surface area contributed by atoms with Gasteiger partial charge in [0, 0.05) is 23.0 Å². The predicted octanol–water partition coefficient (Wildman–Crippen LogP) is 6.12. The average Bonchev–Trinajstić information content (AvgIpc) is 2.88. The number of ether oxygens (including phenoxy) is 3. The summed E-state index contributed by atoms with van der Waals surface area (Å²) in [5.41, 5.74) is 1.13. The van der Waals surface area contributed by atoms with E-state index in [1.807, 2.05) is 18.2 Å². The Bertz CT molecular complexity index is 1630. The molecule has 1 N–H and O–H groups in total. The molecule has 0 fully saturated rings. The number of rotatable bonds is 7. The van der Waals surface area contributed by atoms with Crippen molar-refractivity contribution in [3.8, 4) is 23.0 Å². The number of nitrogens with zero attached hydrogens (tertiary/aromatic N) is 1. The lowest BCUT2D eigenvalue weighted by atomic mass is 10.1. The maximum atomic E-state index is 13.3. The fraction of sp³-hybridized carbons (Fsp3) is 0.148. The highest BCUT2D eigenvalue weighted by Gasteiger charge is 2.25. The average molecular weight is 507 g/mol. The summed E-state index contributed by atoms with van der Waals surface area (Å²) in [6, 6.07) is 16.1. The molecule has 9 heteroatoms. The molecular weight excluding hydrogens is 483 g/mol. The Morgan fingerprint density at radius 3 is 2.53 bits per heavy atom. The molecule has 0 bridgehead atoms. The second-order valence-corrected chi connectivity index (χ2v) is 10.1. The fourth-order valence-electron chi connectivity index (χ4n) is 4.11. The molecule has 1 aliphatic carbocycles. The van der Waals surface area contributed by atoms with Crippen LogP contribution in [0.25, 0.3) is 21.7 Å². The van der Waals surface area contributed by atoms with Gasteiger partial charge in [0.05, 0.1) is 25.4 Å². The first-order valence-electron chi connectivity index (χ1n) is 11.1. The monoisotopic (exact) mass is 506 g/mol. The van der Waals surface area contributed by atoms with E-state index in [9.17, 15) is 12.8 Å². The Kier molecular flexibility index (Phi) is 6.24. The van der Waals surface area contributed by atoms with Gasteiger partial charge in [0.25, 0.3) is 0 Å². The molecule has 0 amide bonds. The SMILES string of the molecule is COc1cc2nccc(Oc3ccc4c(NS(=O)(=O)C5C=CC(F)=CC5)cccc4c3)c2cc1OC. The van der Waals surface area contributed by atoms with Crippen molar-refractivity contribution in [2.75, 3.05) is 18.9 Å². The zero-order valence-electron chi connectivity index (χ0n) is 19.6. The summed E-state index contributed by atoms with van der Waals surface area (Å²) in [6.07, 6.45) is 5.54. The molecule has 7 nitrogen and oxygen atoms in total. The van der Waals surface area contributed by atoms with E-state index >= 15 is 0 Å². The lowest BCUT2D eigenvalue weighted by Crippen LogP contribution is -2.26. The molecule has 1 unspecified atom stereocenters. The Labute approximate surface area is 207 Å². The van der Waals surface area contributed by atoms with Crippen LogP contribution in [0.2, 0.25) is 0 Å². The number of pyridine rings is 1. The minimum absolute atomic E-state index is 0.0803. The van der Waals surface area contributed by atoms with Crippen LogP contribution in [0.5, 0.6) is 23.0 Å². The highest BCUT2D eigenvalue weighted by molar-refractivity contribution is 7.93. The Morgan fingerprint density at radius 2 is 1.78 bits per heavy atom. The molecule has 1 heterocycles. The van der Waals surface area contributed by atoms with Gasteiger partial charge in [-0.25, -0.2) is 12.8 Å². The number of sulfonamides is 1. The third kappa shape index (κ3) is 4.57. The second kappa shape index (κ2) is 9.50. The first-order chi connectivity index (χ1) is 17.4. The molecule has 0 aliphatic heterocycles. The maximum Gasteiger partial charge on any atom is 0.239 e. The van der Waals surface area contributed by atoms with Crippen LogP contribution in [0.1, 0.15) is 6.42 Å². The quantitative estimate of drug-likeness (QED) is 0.325. The van der Waals surface area contributed by atoms with Gasteiger partial charge in [-0.3, -0.25) is 9.71 Å². The van der Waals surface area contributed by atoms with E-state index in [0.29, 0.717) is 39.6 Å². The van der Waals surface area contributed by atoms with Crippen molar-refractivity contribution < 1.29 is 27.0 Å². The summed E-state index contributed by atoms with van der Waals surface area (Å²) >= 11 is 0. The number of halogens is 1. The van der Waals surface area contributed by atoms with Crippen molar-refractivity contribution in [1.29, 1.82) is 0 Å². The molecule has 0 radical (unpaired) electrons. The molecule has 4 aromatic rings. The number of hydrogen-bond acceptors (Lipinski definition) is 6. The van der Waals surface area contributed by atoms with Gasteiger partial charge in [-0.1, -0.05) is 18.2 Å². The minimum Gasteiger partial charge on any atom is -0.493 e. The van der Waals surface area contributed by atoms with Crippen molar-refractivity contribution in [3.05, 3.63) is 84.8 Å². The smallest absolute Gasteiger partial charge is 0.239 e. The number of aromatic nitrogens is 1. The lowest BCUT2D eigenvalue weighted by molar-refractivity contribution is 0.355. The zero-order valence-corrected chi connectivity index (χ0v) is 20.4. The molecule has 1 atom stereocenters. The molecule has 184 valence electrons. The van der Waals surface area contributed by atoms with Gasteiger partial charge in [-0.2, -0.15) is 0 Å². The van der Waals surface area contributed by atoms with Crippen LogP contribution in [0.15, 0.2) is 84.8 Å². The molecule has 1 aliphatic rings. The first-order valence-corrected chi connectivity index (χ1v) is 12.7. The summed E-state index contributed by atoms with van der Waals surface area (Å²) < 4.78 is 58.6. The van der Waals surface area contributed by atoms with Crippen LogP contribution in [-0.2, 0) is 10.0 Å². The first kappa shape index (κ1) is 23.6. The number of anilines is 1. The van der Waals surface area contributed by atoms with Crippen LogP contribution < -0.4 is 18.9 Å². The summed E-state index contributed by atoms with van der Waals surface area (Å²) in [5.74, 6) is 1.85. The number of allylic oxidation sites excluding steroid dienone is 3. The van der Waals surface area contributed by atoms with E-state index in [-0.39, 0.29) is 6.42 Å². The highest BCUT2D eigenvalue weighted by atomic mass is 32.2. The fourth-order valence-corrected chi connectivity index (χ4v) is 5.38. The van der Waals surface area contributed by atoms with Gasteiger partial charge in [0.15, 0.2) is 11.5 Å². The van der Waals surface area contributed by atoms with E-state index < -0.39 is 21.1 Å². The van der Waals surface area contributed by atoms with Crippen molar-refractivity contribution in [2.24, 2.45) is 0 Å². The van der Waals surface area contributed by atoms with E-state index in [1.54, 1.807) is 56.8 Å². The van der Waals surface area contributed by atoms with Gasteiger partial charge in [0.1, 0.15) is 22.6 Å². The zero-order chi connectivity index (χ0) is 25.3. The van der Waals surface area contributed by atoms with Gasteiger partial charge in [0.2, 0.25) is 10.0 Å². The third-order valence-corrected chi connectivity index (χ3v) is 7.60. The topological polar surface area (TPSA) is 86.8 Å². The minimum atomic E-state index is -3.76. The van der Waals surface area contributed by atoms with Crippen molar-refractivity contribution >= 4 is 37.4 Å². The van der Waals surface area contributed by atoms with Crippen LogP contribution in [0.4, 0.5) is 10.1 Å². The summed E-state index contributed by atoms with van der Waals surface area (Å²) in [5, 5.41) is 1.41. The van der Waals surface area contributed by atoms with E-state index in [0.717, 1.165) is 10.8 Å². The molecule has 0 saturated heterocycles. The summed E-state index contributed by atoms with van der Waals surface area (Å²) in [6.45, 7) is 0. The normalized spacial score (nSPS) is 15.5. The lowest BCUT2D eigenvalue weighted by Gasteiger charge is -2.18. The molecule has 1 aromatic heterocycles. The second-order valence-electron chi connectivity index (χ2n) is 8.19. The number of hydrogen-bond donors (Lipinski definition) is 1. The van der Waals surface area contributed by atoms with Crippen molar-refractivity contribution in [3.63, 3.8) is 0 Å². The largest absolute Gasteiger partial charge is 0.493 e. The van der Waals surface area contributed by atoms with Crippen LogP contribution in [-0.4, -0.2) is 32.9 Å². The van der Waals surface area contributed by atoms with Gasteiger partial charge in [-0.05, 0) is 60.4 Å². The van der Waals surface area contributed by atoms with Gasteiger partial charge < -0.3 is 14.2 Å². The van der Waals surface area contributed by atoms with Crippen molar-refractivity contribution in [1.82, 2.24) is 4.98 Å². The number of methoxy groups -OCH3 is 2. The summed E-state index contributed by atoms with van der Waals surface area (Å²) in [4.78, 5) is 4.40. The van der Waals surface area contributed by atoms with Crippen molar-refractivity contribution in [2.45, 2.75) is 11.7 Å². The molecular formula is C27H23FN2O5S. The molecule has 0 spiro atoms. The Balaban J connectivity index is 1.45. The Hall–Kier alpha value is -4.11. The third-order valence-electron chi connectivity index (χ3n) is 5.95. The Morgan fingerprint density at radius 1 is 0.972 bits per heavy atom. The van der Waals surface area contributed by atoms with Crippen LogP contribution in [0, 0.1) is 0 Å². The highest BCUT2D eigenvalue weighted by Crippen LogP contribution is 2.38. The molecule has 5 rings (SSSR count). The van der Waals surface area contributed by atoms with E-state index in [2.05, 4.69) is 9.71 Å².